The molecule has 0 unspecified atom stereocenters. The summed E-state index contributed by atoms with van der Waals surface area (Å²) >= 11 is 11.4. The first-order chi connectivity index (χ1) is 9.62. The van der Waals surface area contributed by atoms with Crippen molar-refractivity contribution in [3.05, 3.63) is 35.0 Å². The summed E-state index contributed by atoms with van der Waals surface area (Å²) in [5.74, 6) is 0.341. The highest BCUT2D eigenvalue weighted by Crippen LogP contribution is 2.27. The van der Waals surface area contributed by atoms with Crippen molar-refractivity contribution in [3.8, 4) is 11.8 Å². The Hall–Kier alpha value is -1.90. The molecule has 0 aromatic heterocycles. The topological polar surface area (TPSA) is 74.1 Å². The van der Waals surface area contributed by atoms with E-state index in [1.807, 2.05) is 0 Å². The predicted octanol–water partition coefficient (Wildman–Crippen LogP) is 2.52. The summed E-state index contributed by atoms with van der Waals surface area (Å²) in [6, 6.07) is 6.83. The van der Waals surface area contributed by atoms with Crippen LogP contribution in [0.4, 0.5) is 5.69 Å². The molecule has 5 nitrogen and oxygen atoms in total. The molecule has 0 aliphatic heterocycles. The zero-order valence-electron chi connectivity index (χ0n) is 10.7. The summed E-state index contributed by atoms with van der Waals surface area (Å²) < 4.78 is 5.03. The predicted molar refractivity (Wildman–Crippen MR) is 79.1 cm³/mol. The van der Waals surface area contributed by atoms with E-state index in [0.29, 0.717) is 23.0 Å². The van der Waals surface area contributed by atoms with E-state index >= 15 is 0 Å². The van der Waals surface area contributed by atoms with Crippen LogP contribution >= 0.6 is 23.2 Å². The first-order valence-electron chi connectivity index (χ1n) is 5.67. The maximum absolute atomic E-state index is 11.6. The third-order valence-corrected chi connectivity index (χ3v) is 2.76. The Morgan fingerprint density at radius 3 is 2.85 bits per heavy atom. The lowest BCUT2D eigenvalue weighted by atomic mass is 10.2. The van der Waals surface area contributed by atoms with Gasteiger partial charge in [-0.25, -0.2) is 0 Å². The van der Waals surface area contributed by atoms with Crippen molar-refractivity contribution in [3.63, 3.8) is 0 Å². The Morgan fingerprint density at radius 1 is 1.55 bits per heavy atom. The lowest BCUT2D eigenvalue weighted by Crippen LogP contribution is -2.26. The maximum Gasteiger partial charge on any atom is 0.263 e. The van der Waals surface area contributed by atoms with Crippen molar-refractivity contribution in [1.82, 2.24) is 5.32 Å². The van der Waals surface area contributed by atoms with Gasteiger partial charge in [-0.15, -0.1) is 11.6 Å². The molecule has 20 heavy (non-hydrogen) atoms. The molecule has 1 aromatic rings. The van der Waals surface area contributed by atoms with E-state index in [9.17, 15) is 4.79 Å². The smallest absolute Gasteiger partial charge is 0.263 e. The highest BCUT2D eigenvalue weighted by Gasteiger charge is 2.07. The van der Waals surface area contributed by atoms with Crippen LogP contribution < -0.4 is 15.4 Å². The van der Waals surface area contributed by atoms with E-state index in [2.05, 4.69) is 10.6 Å². The Labute approximate surface area is 127 Å². The van der Waals surface area contributed by atoms with E-state index in [1.54, 1.807) is 24.3 Å². The molecule has 1 aromatic carbocycles. The number of nitrogens with one attached hydrogen (secondary N) is 2. The van der Waals surface area contributed by atoms with Crippen molar-refractivity contribution < 1.29 is 9.53 Å². The number of ether oxygens (including phenoxy) is 1. The van der Waals surface area contributed by atoms with Crippen molar-refractivity contribution >= 4 is 34.8 Å². The Bertz CT molecular complexity index is 553. The van der Waals surface area contributed by atoms with Crippen LogP contribution in [0.1, 0.15) is 0 Å². The van der Waals surface area contributed by atoms with Gasteiger partial charge in [0.15, 0.2) is 0 Å². The van der Waals surface area contributed by atoms with Crippen molar-refractivity contribution in [2.75, 3.05) is 24.9 Å². The first kappa shape index (κ1) is 16.2. The second-order valence-electron chi connectivity index (χ2n) is 3.61. The highest BCUT2D eigenvalue weighted by atomic mass is 35.5. The summed E-state index contributed by atoms with van der Waals surface area (Å²) in [5, 5.41) is 14.7. The lowest BCUT2D eigenvalue weighted by Gasteiger charge is -2.06. The van der Waals surface area contributed by atoms with Crippen LogP contribution in [0.2, 0.25) is 5.02 Å². The van der Waals surface area contributed by atoms with Crippen LogP contribution in [0.3, 0.4) is 0 Å². The van der Waals surface area contributed by atoms with Gasteiger partial charge in [0.1, 0.15) is 17.4 Å². The summed E-state index contributed by atoms with van der Waals surface area (Å²) in [5.41, 5.74) is 0.579. The summed E-state index contributed by atoms with van der Waals surface area (Å²) in [6.45, 7) is 0.299. The Kier molecular flexibility index (Phi) is 6.71. The number of halogens is 2. The number of anilines is 1. The second kappa shape index (κ2) is 8.31. The number of benzene rings is 1. The molecule has 0 aliphatic carbocycles. The van der Waals surface area contributed by atoms with Crippen LogP contribution in [0.15, 0.2) is 30.0 Å². The fraction of sp³-hybridized carbons (Fsp3) is 0.231. The number of nitrogens with zero attached hydrogens (tertiary/aromatic N) is 1. The van der Waals surface area contributed by atoms with E-state index in [0.717, 1.165) is 0 Å². The zero-order valence-corrected chi connectivity index (χ0v) is 12.3. The normalized spacial score (nSPS) is 10.6. The van der Waals surface area contributed by atoms with E-state index in [1.165, 1.54) is 13.3 Å². The average molecular weight is 314 g/mol. The van der Waals surface area contributed by atoms with Gasteiger partial charge in [-0.1, -0.05) is 11.6 Å². The van der Waals surface area contributed by atoms with Crippen LogP contribution in [-0.4, -0.2) is 25.4 Å². The molecule has 0 aliphatic rings. The van der Waals surface area contributed by atoms with Crippen molar-refractivity contribution in [2.45, 2.75) is 0 Å². The third-order valence-electron chi connectivity index (χ3n) is 2.28. The van der Waals surface area contributed by atoms with Gasteiger partial charge in [-0.3, -0.25) is 4.79 Å². The quantitative estimate of drug-likeness (QED) is 0.481. The molecule has 1 amide bonds. The van der Waals surface area contributed by atoms with Gasteiger partial charge in [0.25, 0.3) is 5.91 Å². The van der Waals surface area contributed by atoms with Gasteiger partial charge in [0.05, 0.1) is 12.1 Å². The van der Waals surface area contributed by atoms with Crippen LogP contribution in [0.25, 0.3) is 0 Å². The van der Waals surface area contributed by atoms with E-state index < -0.39 is 5.91 Å². The zero-order chi connectivity index (χ0) is 15.0. The fourth-order valence-electron chi connectivity index (χ4n) is 1.32. The van der Waals surface area contributed by atoms with Crippen molar-refractivity contribution in [2.24, 2.45) is 0 Å². The minimum absolute atomic E-state index is 0.0537. The molecule has 0 saturated heterocycles. The molecule has 0 bridgehead atoms. The molecule has 1 rings (SSSR count). The van der Waals surface area contributed by atoms with Crippen molar-refractivity contribution in [1.29, 1.82) is 5.26 Å². The van der Waals surface area contributed by atoms with E-state index in [-0.39, 0.29) is 11.5 Å². The van der Waals surface area contributed by atoms with Crippen LogP contribution in [0, 0.1) is 11.3 Å². The summed E-state index contributed by atoms with van der Waals surface area (Å²) in [6.07, 6.45) is 1.31. The van der Waals surface area contributed by atoms with Crippen LogP contribution in [0.5, 0.6) is 5.75 Å². The van der Waals surface area contributed by atoms with Gasteiger partial charge in [0, 0.05) is 24.3 Å². The number of rotatable bonds is 6. The molecular weight excluding hydrogens is 301 g/mol. The minimum Gasteiger partial charge on any atom is -0.495 e. The summed E-state index contributed by atoms with van der Waals surface area (Å²) in [7, 11) is 1.52. The standard InChI is InChI=1S/C13H13Cl2N3O2/c1-20-12-3-2-10(6-11(12)15)18-8-9(7-16)13(19)17-5-4-14/h2-3,6,8,18H,4-5H2,1H3,(H,17,19)/b9-8-. The van der Waals surface area contributed by atoms with E-state index in [4.69, 9.17) is 33.2 Å². The van der Waals surface area contributed by atoms with Gasteiger partial charge >= 0.3 is 0 Å². The highest BCUT2D eigenvalue weighted by molar-refractivity contribution is 6.32. The number of nitriles is 1. The first-order valence-corrected chi connectivity index (χ1v) is 6.58. The largest absolute Gasteiger partial charge is 0.495 e. The van der Waals surface area contributed by atoms with Gasteiger partial charge in [-0.2, -0.15) is 5.26 Å². The number of alkyl halides is 1. The molecule has 2 N–H and O–H groups in total. The minimum atomic E-state index is -0.486. The number of hydrogen-bond donors (Lipinski definition) is 2. The molecular formula is C13H13Cl2N3O2. The number of carbonyl (C=O) groups excluding carboxylic acids is 1. The lowest BCUT2D eigenvalue weighted by molar-refractivity contribution is -0.117. The monoisotopic (exact) mass is 313 g/mol. The second-order valence-corrected chi connectivity index (χ2v) is 4.39. The third kappa shape index (κ3) is 4.65. The fourth-order valence-corrected chi connectivity index (χ4v) is 1.67. The molecule has 0 heterocycles. The van der Waals surface area contributed by atoms with Gasteiger partial charge < -0.3 is 15.4 Å². The van der Waals surface area contributed by atoms with Gasteiger partial charge in [0.2, 0.25) is 0 Å². The molecule has 0 radical (unpaired) electrons. The molecule has 7 heteroatoms. The van der Waals surface area contributed by atoms with Gasteiger partial charge in [-0.05, 0) is 18.2 Å². The average Bonchev–Trinajstić information content (AvgIpc) is 2.45. The van der Waals surface area contributed by atoms with Crippen LogP contribution in [-0.2, 0) is 4.79 Å². The number of hydrogen-bond acceptors (Lipinski definition) is 4. The SMILES string of the molecule is COc1ccc(N/C=C(/C#N)C(=O)NCCCl)cc1Cl. The summed E-state index contributed by atoms with van der Waals surface area (Å²) in [4.78, 5) is 11.6. The molecule has 0 spiro atoms. The Morgan fingerprint density at radius 2 is 2.30 bits per heavy atom. The molecule has 106 valence electrons. The Balaban J connectivity index is 2.76. The number of methoxy groups -OCH3 is 1. The number of amides is 1. The maximum atomic E-state index is 11.6. The molecule has 0 atom stereocenters. The molecule has 0 fully saturated rings. The molecule has 0 saturated carbocycles. The number of carbonyl (C=O) groups is 1.